The summed E-state index contributed by atoms with van der Waals surface area (Å²) in [5, 5.41) is 3.14. The number of aryl methyl sites for hydroxylation is 1. The minimum absolute atomic E-state index is 0.518. The molecule has 96 valence electrons. The van der Waals surface area contributed by atoms with Gasteiger partial charge in [0.15, 0.2) is 0 Å². The van der Waals surface area contributed by atoms with Gasteiger partial charge in [0.1, 0.15) is 5.82 Å². The van der Waals surface area contributed by atoms with Crippen molar-refractivity contribution >= 4 is 17.2 Å². The zero-order valence-electron chi connectivity index (χ0n) is 10.4. The SMILES string of the molecule is Cc1nc(Cn2cncc2-c2ccc(N)nc2)cs1. The molecule has 19 heavy (non-hydrogen) atoms. The van der Waals surface area contributed by atoms with E-state index < -0.39 is 0 Å². The van der Waals surface area contributed by atoms with E-state index >= 15 is 0 Å². The summed E-state index contributed by atoms with van der Waals surface area (Å²) < 4.78 is 2.06. The van der Waals surface area contributed by atoms with Crippen LogP contribution in [-0.2, 0) is 6.54 Å². The van der Waals surface area contributed by atoms with Crippen LogP contribution in [0.15, 0.2) is 36.2 Å². The quantitative estimate of drug-likeness (QED) is 0.793. The standard InChI is InChI=1S/C13H13N5S/c1-9-17-11(7-19-9)6-18-8-15-5-12(18)10-2-3-13(14)16-4-10/h2-5,7-8H,6H2,1H3,(H2,14,16). The average Bonchev–Trinajstić information content (AvgIpc) is 3.00. The van der Waals surface area contributed by atoms with E-state index in [1.165, 1.54) is 0 Å². The molecular formula is C13H13N5S. The van der Waals surface area contributed by atoms with Crippen molar-refractivity contribution in [1.82, 2.24) is 19.5 Å². The Morgan fingerprint density at radius 1 is 1.32 bits per heavy atom. The molecular weight excluding hydrogens is 258 g/mol. The predicted octanol–water partition coefficient (Wildman–Crippen LogP) is 2.34. The van der Waals surface area contributed by atoms with Crippen LogP contribution < -0.4 is 5.73 Å². The molecule has 3 aromatic heterocycles. The number of aromatic nitrogens is 4. The van der Waals surface area contributed by atoms with Gasteiger partial charge in [0.25, 0.3) is 0 Å². The van der Waals surface area contributed by atoms with E-state index in [2.05, 4.69) is 24.9 Å². The lowest BCUT2D eigenvalue weighted by molar-refractivity contribution is 0.783. The van der Waals surface area contributed by atoms with Crippen molar-refractivity contribution < 1.29 is 0 Å². The zero-order valence-corrected chi connectivity index (χ0v) is 11.3. The lowest BCUT2D eigenvalue weighted by atomic mass is 10.2. The highest BCUT2D eigenvalue weighted by Gasteiger charge is 2.07. The van der Waals surface area contributed by atoms with E-state index in [1.54, 1.807) is 29.9 Å². The number of hydrogen-bond acceptors (Lipinski definition) is 5. The Hall–Kier alpha value is -2.21. The summed E-state index contributed by atoms with van der Waals surface area (Å²) in [7, 11) is 0. The highest BCUT2D eigenvalue weighted by molar-refractivity contribution is 7.09. The van der Waals surface area contributed by atoms with Crippen molar-refractivity contribution in [3.63, 3.8) is 0 Å². The first-order valence-corrected chi connectivity index (χ1v) is 6.73. The second kappa shape index (κ2) is 4.81. The molecule has 3 aromatic rings. The van der Waals surface area contributed by atoms with E-state index in [0.717, 1.165) is 22.0 Å². The Morgan fingerprint density at radius 2 is 2.21 bits per heavy atom. The minimum atomic E-state index is 0.518. The fourth-order valence-corrected chi connectivity index (χ4v) is 2.50. The van der Waals surface area contributed by atoms with Gasteiger partial charge in [-0.25, -0.2) is 15.0 Å². The fourth-order valence-electron chi connectivity index (χ4n) is 1.90. The summed E-state index contributed by atoms with van der Waals surface area (Å²) in [5.74, 6) is 0.518. The molecule has 3 heterocycles. The van der Waals surface area contributed by atoms with Gasteiger partial charge in [-0.05, 0) is 19.1 Å². The maximum atomic E-state index is 5.60. The van der Waals surface area contributed by atoms with E-state index in [9.17, 15) is 0 Å². The summed E-state index contributed by atoms with van der Waals surface area (Å²) in [4.78, 5) is 12.8. The molecule has 0 saturated carbocycles. The molecule has 0 aliphatic rings. The Balaban J connectivity index is 1.92. The lowest BCUT2D eigenvalue weighted by Crippen LogP contribution is -2.01. The van der Waals surface area contributed by atoms with Crippen molar-refractivity contribution in [3.05, 3.63) is 46.9 Å². The maximum Gasteiger partial charge on any atom is 0.123 e. The number of anilines is 1. The van der Waals surface area contributed by atoms with Gasteiger partial charge in [-0.3, -0.25) is 0 Å². The highest BCUT2D eigenvalue weighted by Crippen LogP contribution is 2.20. The monoisotopic (exact) mass is 271 g/mol. The van der Waals surface area contributed by atoms with Crippen molar-refractivity contribution in [2.45, 2.75) is 13.5 Å². The minimum Gasteiger partial charge on any atom is -0.384 e. The van der Waals surface area contributed by atoms with Gasteiger partial charge in [0.05, 0.1) is 35.5 Å². The van der Waals surface area contributed by atoms with Gasteiger partial charge >= 0.3 is 0 Å². The molecule has 5 nitrogen and oxygen atoms in total. The first-order chi connectivity index (χ1) is 9.22. The van der Waals surface area contributed by atoms with Gasteiger partial charge in [0, 0.05) is 17.1 Å². The summed E-state index contributed by atoms with van der Waals surface area (Å²) in [6.45, 7) is 2.72. The molecule has 0 aromatic carbocycles. The molecule has 0 unspecified atom stereocenters. The molecule has 0 saturated heterocycles. The Morgan fingerprint density at radius 3 is 2.89 bits per heavy atom. The number of rotatable bonds is 3. The van der Waals surface area contributed by atoms with Crippen molar-refractivity contribution in [2.24, 2.45) is 0 Å². The fraction of sp³-hybridized carbons (Fsp3) is 0.154. The van der Waals surface area contributed by atoms with Crippen LogP contribution in [0.3, 0.4) is 0 Å². The van der Waals surface area contributed by atoms with Crippen LogP contribution in [0.2, 0.25) is 0 Å². The van der Waals surface area contributed by atoms with Crippen LogP contribution >= 0.6 is 11.3 Å². The van der Waals surface area contributed by atoms with Crippen LogP contribution in [0.5, 0.6) is 0 Å². The molecule has 3 rings (SSSR count). The number of pyridine rings is 1. The van der Waals surface area contributed by atoms with Crippen LogP contribution in [0.25, 0.3) is 11.3 Å². The topological polar surface area (TPSA) is 69.6 Å². The molecule has 0 atom stereocenters. The molecule has 0 amide bonds. The van der Waals surface area contributed by atoms with Gasteiger partial charge in [-0.15, -0.1) is 11.3 Å². The van der Waals surface area contributed by atoms with Gasteiger partial charge < -0.3 is 10.3 Å². The van der Waals surface area contributed by atoms with Crippen molar-refractivity contribution in [2.75, 3.05) is 5.73 Å². The predicted molar refractivity (Wildman–Crippen MR) is 75.8 cm³/mol. The zero-order chi connectivity index (χ0) is 13.2. The van der Waals surface area contributed by atoms with Crippen LogP contribution in [-0.4, -0.2) is 19.5 Å². The number of nitrogens with two attached hydrogens (primary N) is 1. The largest absolute Gasteiger partial charge is 0.384 e. The first-order valence-electron chi connectivity index (χ1n) is 5.85. The number of imidazole rings is 1. The molecule has 0 bridgehead atoms. The molecule has 2 N–H and O–H groups in total. The van der Waals surface area contributed by atoms with Gasteiger partial charge in [-0.1, -0.05) is 0 Å². The first kappa shape index (κ1) is 11.9. The Labute approximate surface area is 114 Å². The molecule has 0 fully saturated rings. The molecule has 0 aliphatic heterocycles. The van der Waals surface area contributed by atoms with Gasteiger partial charge in [-0.2, -0.15) is 0 Å². The average molecular weight is 271 g/mol. The van der Waals surface area contributed by atoms with Crippen molar-refractivity contribution in [3.8, 4) is 11.3 Å². The highest BCUT2D eigenvalue weighted by atomic mass is 32.1. The molecule has 0 radical (unpaired) electrons. The number of nitrogens with zero attached hydrogens (tertiary/aromatic N) is 4. The third kappa shape index (κ3) is 2.48. The lowest BCUT2D eigenvalue weighted by Gasteiger charge is -2.06. The normalized spacial score (nSPS) is 10.8. The van der Waals surface area contributed by atoms with E-state index in [-0.39, 0.29) is 0 Å². The Bertz CT molecular complexity index is 683. The third-order valence-corrected chi connectivity index (χ3v) is 3.62. The molecule has 0 spiro atoms. The van der Waals surface area contributed by atoms with Gasteiger partial charge in [0.2, 0.25) is 0 Å². The maximum absolute atomic E-state index is 5.60. The van der Waals surface area contributed by atoms with E-state index in [0.29, 0.717) is 12.4 Å². The molecule has 6 heteroatoms. The van der Waals surface area contributed by atoms with Crippen LogP contribution in [0.4, 0.5) is 5.82 Å². The summed E-state index contributed by atoms with van der Waals surface area (Å²) in [5.41, 5.74) is 8.66. The smallest absolute Gasteiger partial charge is 0.123 e. The third-order valence-electron chi connectivity index (χ3n) is 2.79. The number of nitrogen functional groups attached to an aromatic ring is 1. The van der Waals surface area contributed by atoms with Crippen LogP contribution in [0.1, 0.15) is 10.7 Å². The van der Waals surface area contributed by atoms with E-state index in [4.69, 9.17) is 5.73 Å². The summed E-state index contributed by atoms with van der Waals surface area (Å²) in [6, 6.07) is 3.74. The Kier molecular flexibility index (Phi) is 3.00. The van der Waals surface area contributed by atoms with Crippen molar-refractivity contribution in [1.29, 1.82) is 0 Å². The summed E-state index contributed by atoms with van der Waals surface area (Å²) in [6.07, 6.45) is 5.39. The number of thiazole rings is 1. The second-order valence-electron chi connectivity index (χ2n) is 4.24. The summed E-state index contributed by atoms with van der Waals surface area (Å²) >= 11 is 1.66. The second-order valence-corrected chi connectivity index (χ2v) is 5.30. The van der Waals surface area contributed by atoms with E-state index in [1.807, 2.05) is 19.2 Å². The molecule has 0 aliphatic carbocycles. The number of hydrogen-bond donors (Lipinski definition) is 1. The van der Waals surface area contributed by atoms with Crippen LogP contribution in [0, 0.1) is 6.92 Å².